The Balaban J connectivity index is 1.52. The molecule has 0 aliphatic carbocycles. The number of hydrogen-bond donors (Lipinski definition) is 1. The van der Waals surface area contributed by atoms with Crippen molar-refractivity contribution in [3.8, 4) is 11.5 Å². The summed E-state index contributed by atoms with van der Waals surface area (Å²) < 4.78 is 4.19. The van der Waals surface area contributed by atoms with Gasteiger partial charge < -0.3 is 14.8 Å². The number of anilines is 1. The Morgan fingerprint density at radius 3 is 2.37 bits per heavy atom. The van der Waals surface area contributed by atoms with E-state index in [9.17, 15) is 4.79 Å². The first kappa shape index (κ1) is 23.8. The van der Waals surface area contributed by atoms with Crippen LogP contribution in [0.5, 0.6) is 0 Å². The summed E-state index contributed by atoms with van der Waals surface area (Å²) in [5.41, 5.74) is 8.20. The highest BCUT2D eigenvalue weighted by Gasteiger charge is 2.36. The molecule has 6 nitrogen and oxygen atoms in total. The van der Waals surface area contributed by atoms with Crippen molar-refractivity contribution in [2.45, 2.75) is 39.8 Å². The number of carbonyl (C=O) groups is 1. The molecule has 1 atom stereocenters. The van der Waals surface area contributed by atoms with Gasteiger partial charge in [0.25, 0.3) is 0 Å². The maximum absolute atomic E-state index is 14.0. The van der Waals surface area contributed by atoms with Crippen LogP contribution in [0.15, 0.2) is 97.2 Å². The number of nitrogens with one attached hydrogen (secondary N) is 1. The zero-order chi connectivity index (χ0) is 26.2. The molecule has 1 aliphatic rings. The van der Waals surface area contributed by atoms with Crippen molar-refractivity contribution in [1.82, 2.24) is 19.2 Å². The Bertz CT molecular complexity index is 1580. The summed E-state index contributed by atoms with van der Waals surface area (Å²) in [7, 11) is 0. The lowest BCUT2D eigenvalue weighted by atomic mass is 9.99. The minimum atomic E-state index is -0.280. The Labute approximate surface area is 223 Å². The average molecular weight is 502 g/mol. The molecule has 6 rings (SSSR count). The van der Waals surface area contributed by atoms with Gasteiger partial charge in [0.1, 0.15) is 5.82 Å². The van der Waals surface area contributed by atoms with Crippen molar-refractivity contribution in [2.24, 2.45) is 0 Å². The quantitative estimate of drug-likeness (QED) is 0.289. The lowest BCUT2D eigenvalue weighted by Gasteiger charge is -2.31. The molecule has 0 saturated carbocycles. The summed E-state index contributed by atoms with van der Waals surface area (Å²) in [5.74, 6) is 0.967. The maximum atomic E-state index is 14.0. The van der Waals surface area contributed by atoms with Gasteiger partial charge in [0.15, 0.2) is 0 Å². The molecule has 0 spiro atoms. The van der Waals surface area contributed by atoms with E-state index in [-0.39, 0.29) is 12.1 Å². The third kappa shape index (κ3) is 4.18. The largest absolute Gasteiger partial charge is 0.322 e. The van der Waals surface area contributed by atoms with Crippen molar-refractivity contribution in [3.05, 3.63) is 131 Å². The van der Waals surface area contributed by atoms with Crippen LogP contribution in [0.4, 0.5) is 10.5 Å². The van der Waals surface area contributed by atoms with E-state index in [0.29, 0.717) is 6.54 Å². The van der Waals surface area contributed by atoms with Gasteiger partial charge in [-0.3, -0.25) is 0 Å². The zero-order valence-corrected chi connectivity index (χ0v) is 21.9. The number of aromatic nitrogens is 3. The van der Waals surface area contributed by atoms with E-state index in [1.54, 1.807) is 0 Å². The lowest BCUT2D eigenvalue weighted by molar-refractivity contribution is 0.194. The number of amides is 2. The van der Waals surface area contributed by atoms with Gasteiger partial charge in [-0.1, -0.05) is 67.1 Å². The second-order valence-electron chi connectivity index (χ2n) is 9.86. The molecule has 190 valence electrons. The summed E-state index contributed by atoms with van der Waals surface area (Å²) >= 11 is 0. The van der Waals surface area contributed by atoms with Gasteiger partial charge >= 0.3 is 6.03 Å². The van der Waals surface area contributed by atoms with E-state index in [0.717, 1.165) is 51.7 Å². The van der Waals surface area contributed by atoms with Crippen LogP contribution in [0, 0.1) is 13.8 Å². The number of rotatable bonds is 4. The average Bonchev–Trinajstić information content (AvgIpc) is 3.51. The number of carbonyl (C=O) groups excluding carboxylic acids is 1. The summed E-state index contributed by atoms with van der Waals surface area (Å²) in [6.45, 7) is 6.64. The number of benzene rings is 3. The number of nitrogens with zero attached hydrogens (tertiary/aromatic N) is 4. The first-order valence-electron chi connectivity index (χ1n) is 13.1. The lowest BCUT2D eigenvalue weighted by Crippen LogP contribution is -2.38. The van der Waals surface area contributed by atoms with Crippen LogP contribution in [0.25, 0.3) is 11.5 Å². The minimum Gasteiger partial charge on any atom is -0.308 e. The van der Waals surface area contributed by atoms with E-state index in [1.165, 1.54) is 5.56 Å². The normalized spacial score (nSPS) is 14.5. The van der Waals surface area contributed by atoms with Gasteiger partial charge in [0, 0.05) is 17.4 Å². The molecule has 1 unspecified atom stereocenters. The zero-order valence-electron chi connectivity index (χ0n) is 21.9. The molecule has 0 saturated heterocycles. The molecule has 1 aliphatic heterocycles. The summed E-state index contributed by atoms with van der Waals surface area (Å²) in [5, 5.41) is 8.08. The fourth-order valence-electron chi connectivity index (χ4n) is 5.27. The van der Waals surface area contributed by atoms with Crippen LogP contribution in [0.1, 0.15) is 46.6 Å². The topological polar surface area (TPSA) is 55.1 Å². The predicted molar refractivity (Wildman–Crippen MR) is 151 cm³/mol. The minimum absolute atomic E-state index is 0.147. The molecule has 0 radical (unpaired) electrons. The van der Waals surface area contributed by atoms with Gasteiger partial charge in [0.05, 0.1) is 29.7 Å². The number of hydrogen-bond acceptors (Lipinski definition) is 2. The molecule has 0 bridgehead atoms. The molecule has 2 amide bonds. The number of fused-ring (bicyclic) bond motifs is 3. The standard InChI is InChI=1S/C32H31N5O/c1-4-24-14-16-25(17-15-24)30-29-11-8-20-35(29)31-28(23(3)34-37(31)27-9-6-5-7-10-27)21-36(30)32(38)33-26-18-12-22(2)13-19-26/h5-20,30H,4,21H2,1-3H3,(H,33,38). The number of aryl methyl sites for hydroxylation is 3. The molecule has 6 heteroatoms. The van der Waals surface area contributed by atoms with Crippen LogP contribution < -0.4 is 5.32 Å². The van der Waals surface area contributed by atoms with Crippen molar-refractivity contribution in [1.29, 1.82) is 0 Å². The van der Waals surface area contributed by atoms with Crippen LogP contribution >= 0.6 is 0 Å². The molecule has 1 N–H and O–H groups in total. The van der Waals surface area contributed by atoms with Crippen molar-refractivity contribution in [3.63, 3.8) is 0 Å². The summed E-state index contributed by atoms with van der Waals surface area (Å²) in [4.78, 5) is 16.0. The van der Waals surface area contributed by atoms with Gasteiger partial charge in [-0.2, -0.15) is 5.10 Å². The molecule has 38 heavy (non-hydrogen) atoms. The van der Waals surface area contributed by atoms with Gasteiger partial charge in [-0.25, -0.2) is 9.48 Å². The Morgan fingerprint density at radius 1 is 0.921 bits per heavy atom. The van der Waals surface area contributed by atoms with E-state index in [4.69, 9.17) is 5.10 Å². The number of urea groups is 1. The fourth-order valence-corrected chi connectivity index (χ4v) is 5.27. The van der Waals surface area contributed by atoms with E-state index in [1.807, 2.05) is 72.0 Å². The first-order chi connectivity index (χ1) is 18.5. The van der Waals surface area contributed by atoms with Crippen molar-refractivity contribution >= 4 is 11.7 Å². The van der Waals surface area contributed by atoms with Crippen LogP contribution in [0.2, 0.25) is 0 Å². The third-order valence-electron chi connectivity index (χ3n) is 7.35. The Morgan fingerprint density at radius 2 is 1.66 bits per heavy atom. The number of para-hydroxylation sites is 1. The molecule has 0 fully saturated rings. The third-order valence-corrected chi connectivity index (χ3v) is 7.35. The van der Waals surface area contributed by atoms with E-state index in [2.05, 4.69) is 65.5 Å². The second kappa shape index (κ2) is 9.71. The van der Waals surface area contributed by atoms with Crippen LogP contribution in [-0.2, 0) is 13.0 Å². The van der Waals surface area contributed by atoms with Crippen LogP contribution in [-0.4, -0.2) is 25.3 Å². The fraction of sp³-hybridized carbons (Fsp3) is 0.188. The van der Waals surface area contributed by atoms with Crippen LogP contribution in [0.3, 0.4) is 0 Å². The Hall–Kier alpha value is -4.58. The highest BCUT2D eigenvalue weighted by Crippen LogP contribution is 2.38. The molecule has 5 aromatic rings. The van der Waals surface area contributed by atoms with Gasteiger partial charge in [-0.05, 0) is 67.8 Å². The first-order valence-corrected chi connectivity index (χ1v) is 13.1. The van der Waals surface area contributed by atoms with Crippen molar-refractivity contribution < 1.29 is 4.79 Å². The molecular formula is C32H31N5O. The van der Waals surface area contributed by atoms with E-state index < -0.39 is 0 Å². The van der Waals surface area contributed by atoms with Gasteiger partial charge in [0.2, 0.25) is 0 Å². The summed E-state index contributed by atoms with van der Waals surface area (Å²) in [6, 6.07) is 30.4. The predicted octanol–water partition coefficient (Wildman–Crippen LogP) is 6.98. The summed E-state index contributed by atoms with van der Waals surface area (Å²) in [6.07, 6.45) is 3.04. The molecule has 3 aromatic carbocycles. The highest BCUT2D eigenvalue weighted by atomic mass is 16.2. The smallest absolute Gasteiger partial charge is 0.308 e. The van der Waals surface area contributed by atoms with Gasteiger partial charge in [-0.15, -0.1) is 0 Å². The van der Waals surface area contributed by atoms with E-state index >= 15 is 0 Å². The molecule has 2 aromatic heterocycles. The maximum Gasteiger partial charge on any atom is 0.322 e. The monoisotopic (exact) mass is 501 g/mol. The Kier molecular flexibility index (Phi) is 6.08. The molecule has 3 heterocycles. The van der Waals surface area contributed by atoms with Crippen molar-refractivity contribution in [2.75, 3.05) is 5.32 Å². The SMILES string of the molecule is CCc1ccc(C2c3cccn3-c3c(c(C)nn3-c3ccccc3)CN2C(=O)Nc2ccc(C)cc2)cc1. The second-order valence-corrected chi connectivity index (χ2v) is 9.86. The highest BCUT2D eigenvalue weighted by molar-refractivity contribution is 5.90. The molecular weight excluding hydrogens is 470 g/mol.